The van der Waals surface area contributed by atoms with Gasteiger partial charge in [-0.3, -0.25) is 0 Å². The molecule has 0 unspecified atom stereocenters. The maximum atomic E-state index is 12.7. The molecule has 1 aromatic rings. The molecule has 2 rings (SSSR count). The van der Waals surface area contributed by atoms with Gasteiger partial charge in [-0.25, -0.2) is 13.2 Å². The Morgan fingerprint density at radius 2 is 1.42 bits per heavy atom. The molecule has 1 aliphatic carbocycles. The molecule has 1 aromatic carbocycles. The molecule has 0 atom stereocenters. The van der Waals surface area contributed by atoms with Crippen LogP contribution in [0.5, 0.6) is 5.75 Å². The van der Waals surface area contributed by atoms with E-state index in [9.17, 15) is 22.0 Å². The van der Waals surface area contributed by atoms with E-state index in [2.05, 4.69) is 29.8 Å². The standard InChI is InChI=1S/C6H2BF5O3.C5H5.C2H5.3ClH.Ti/c8-1-2(9)4(11)6(15-7(13)14)5(12)3(1)10;1-2-4-5-3-1;1-2;;;;/h13-14H;1-3H,4H2;1H2,2H3;3*1H;. The fourth-order valence-corrected chi connectivity index (χ4v) is 3.05. The summed E-state index contributed by atoms with van der Waals surface area (Å²) < 4.78 is 69.4. The second-order valence-corrected chi connectivity index (χ2v) is 6.86. The van der Waals surface area contributed by atoms with Gasteiger partial charge in [0.05, 0.1) is 0 Å². The van der Waals surface area contributed by atoms with Crippen LogP contribution in [0.25, 0.3) is 0 Å². The van der Waals surface area contributed by atoms with E-state index >= 15 is 0 Å². The fourth-order valence-electron chi connectivity index (χ4n) is 1.60. The predicted octanol–water partition coefficient (Wildman–Crippen LogP) is 4.35. The van der Waals surface area contributed by atoms with Crippen LogP contribution < -0.4 is 4.65 Å². The molecule has 0 aromatic heterocycles. The van der Waals surface area contributed by atoms with Crippen molar-refractivity contribution in [2.24, 2.45) is 0 Å². The molecule has 0 heterocycles. The van der Waals surface area contributed by atoms with Crippen molar-refractivity contribution in [2.45, 2.75) is 18.1 Å². The molecule has 0 saturated heterocycles. The number of hydrogen-bond acceptors (Lipinski definition) is 3. The van der Waals surface area contributed by atoms with Crippen LogP contribution in [0.15, 0.2) is 22.1 Å². The molecular formula is C13H15BCl3F5O3Ti. The van der Waals surface area contributed by atoms with Gasteiger partial charge in [0.15, 0.2) is 5.75 Å². The van der Waals surface area contributed by atoms with Crippen molar-refractivity contribution in [3.05, 3.63) is 51.2 Å². The summed E-state index contributed by atoms with van der Waals surface area (Å²) in [5.74, 6) is -13.1. The number of halogens is 8. The molecule has 148 valence electrons. The summed E-state index contributed by atoms with van der Waals surface area (Å²) in [4.78, 5) is 0. The van der Waals surface area contributed by atoms with Gasteiger partial charge in [-0.1, -0.05) is 0 Å². The smallest absolute Gasteiger partial charge is 0.507 e. The fraction of sp³-hybridized carbons (Fsp3) is 0.231. The topological polar surface area (TPSA) is 49.7 Å². The second-order valence-electron chi connectivity index (χ2n) is 4.20. The molecule has 0 spiro atoms. The molecule has 3 nitrogen and oxygen atoms in total. The molecule has 2 N–H and O–H groups in total. The minimum Gasteiger partial charge on any atom is -0.507 e. The van der Waals surface area contributed by atoms with Gasteiger partial charge in [-0.15, -0.1) is 37.2 Å². The molecule has 0 bridgehead atoms. The Bertz CT molecular complexity index is 607. The van der Waals surface area contributed by atoms with Gasteiger partial charge in [0.1, 0.15) is 0 Å². The Morgan fingerprint density at radius 3 is 1.77 bits per heavy atom. The Morgan fingerprint density at radius 1 is 0.962 bits per heavy atom. The summed E-state index contributed by atoms with van der Waals surface area (Å²) in [5.41, 5.74) is 0. The Kier molecular flexibility index (Phi) is 17.3. The number of allylic oxidation sites excluding steroid dienone is 4. The maximum absolute atomic E-state index is 12.7. The van der Waals surface area contributed by atoms with E-state index in [1.54, 1.807) is 3.88 Å². The predicted molar refractivity (Wildman–Crippen MR) is 91.1 cm³/mol. The van der Waals surface area contributed by atoms with Crippen molar-refractivity contribution in [3.63, 3.8) is 0 Å². The first-order valence-corrected chi connectivity index (χ1v) is 8.31. The van der Waals surface area contributed by atoms with E-state index in [1.807, 2.05) is 0 Å². The van der Waals surface area contributed by atoms with Gasteiger partial charge in [-0.2, -0.15) is 8.78 Å². The SMILES string of the molecule is C[CH2][Ti][C]1=CC=CC1.Cl.Cl.Cl.OB(O)Oc1c(F)c(F)c(F)c(F)c1F. The first kappa shape index (κ1) is 30.4. The van der Waals surface area contributed by atoms with Gasteiger partial charge < -0.3 is 14.7 Å². The van der Waals surface area contributed by atoms with Crippen molar-refractivity contribution in [1.82, 2.24) is 0 Å². The van der Waals surface area contributed by atoms with Crippen LogP contribution in [0.4, 0.5) is 22.0 Å². The molecule has 0 amide bonds. The Labute approximate surface area is 175 Å². The van der Waals surface area contributed by atoms with E-state index in [4.69, 9.17) is 10.0 Å². The first-order chi connectivity index (χ1) is 10.8. The van der Waals surface area contributed by atoms with Crippen LogP contribution in [-0.4, -0.2) is 17.4 Å². The van der Waals surface area contributed by atoms with Gasteiger partial charge in [0, 0.05) is 0 Å². The first-order valence-electron chi connectivity index (χ1n) is 6.43. The van der Waals surface area contributed by atoms with Crippen LogP contribution in [0.3, 0.4) is 0 Å². The summed E-state index contributed by atoms with van der Waals surface area (Å²) in [6, 6.07) is 0. The van der Waals surface area contributed by atoms with E-state index < -0.39 is 42.2 Å². The van der Waals surface area contributed by atoms with Crippen molar-refractivity contribution in [2.75, 3.05) is 0 Å². The van der Waals surface area contributed by atoms with Crippen molar-refractivity contribution in [1.29, 1.82) is 0 Å². The summed E-state index contributed by atoms with van der Waals surface area (Å²) in [5, 5.41) is 16.3. The van der Waals surface area contributed by atoms with Crippen LogP contribution in [0.1, 0.15) is 13.3 Å². The minimum atomic E-state index is -2.70. The largest absolute Gasteiger partial charge is 0.707 e. The molecule has 0 saturated carbocycles. The summed E-state index contributed by atoms with van der Waals surface area (Å²) in [6.07, 6.45) is 7.96. The third kappa shape index (κ3) is 8.61. The van der Waals surface area contributed by atoms with Crippen LogP contribution >= 0.6 is 37.2 Å². The number of benzene rings is 1. The monoisotopic (exact) mass is 478 g/mol. The Hall–Kier alpha value is -0.281. The van der Waals surface area contributed by atoms with E-state index in [0.29, 0.717) is 19.2 Å². The molecule has 0 radical (unpaired) electrons. The van der Waals surface area contributed by atoms with E-state index in [1.165, 1.54) is 11.1 Å². The average molecular weight is 479 g/mol. The molecule has 1 aliphatic rings. The second kappa shape index (κ2) is 14.7. The van der Waals surface area contributed by atoms with E-state index in [-0.39, 0.29) is 37.2 Å². The molecule has 0 aliphatic heterocycles. The number of hydrogen-bond donors (Lipinski definition) is 2. The zero-order valence-electron chi connectivity index (χ0n) is 13.1. The van der Waals surface area contributed by atoms with Crippen LogP contribution in [0.2, 0.25) is 4.73 Å². The molecule has 26 heavy (non-hydrogen) atoms. The molecule has 0 fully saturated rings. The zero-order chi connectivity index (χ0) is 17.6. The Balaban J connectivity index is -0.000000416. The average Bonchev–Trinajstić information content (AvgIpc) is 3.02. The molecular weight excluding hydrogens is 464 g/mol. The summed E-state index contributed by atoms with van der Waals surface area (Å²) >= 11 is 0.306. The van der Waals surface area contributed by atoms with Crippen LogP contribution in [-0.2, 0) is 19.2 Å². The normalized spacial score (nSPS) is 11.0. The third-order valence-corrected chi connectivity index (χ3v) is 4.41. The maximum Gasteiger partial charge on any atom is 0.707 e. The van der Waals surface area contributed by atoms with Gasteiger partial charge in [-0.05, 0) is 0 Å². The van der Waals surface area contributed by atoms with Crippen molar-refractivity contribution < 1.29 is 55.8 Å². The van der Waals surface area contributed by atoms with Gasteiger partial charge >= 0.3 is 66.7 Å². The number of rotatable bonds is 4. The quantitative estimate of drug-likeness (QED) is 0.292. The van der Waals surface area contributed by atoms with Crippen molar-refractivity contribution >= 4 is 44.5 Å². The minimum absolute atomic E-state index is 0. The summed E-state index contributed by atoms with van der Waals surface area (Å²) in [6.45, 7) is 2.28. The zero-order valence-corrected chi connectivity index (χ0v) is 17.2. The van der Waals surface area contributed by atoms with Gasteiger partial charge in [0.25, 0.3) is 0 Å². The molecule has 13 heteroatoms. The van der Waals surface area contributed by atoms with Gasteiger partial charge in [0.2, 0.25) is 29.1 Å². The summed E-state index contributed by atoms with van der Waals surface area (Å²) in [7, 11) is -2.70. The third-order valence-electron chi connectivity index (χ3n) is 2.57. The van der Waals surface area contributed by atoms with Crippen LogP contribution in [0, 0.1) is 29.1 Å². The van der Waals surface area contributed by atoms with E-state index in [0.717, 1.165) is 0 Å². The van der Waals surface area contributed by atoms with Crippen molar-refractivity contribution in [3.8, 4) is 5.75 Å².